The number of likely N-dealkylation sites (tertiary alicyclic amines) is 1. The Bertz CT molecular complexity index is 775. The van der Waals surface area contributed by atoms with Gasteiger partial charge in [-0.2, -0.15) is 25.9 Å². The van der Waals surface area contributed by atoms with E-state index in [1.807, 2.05) is 0 Å². The summed E-state index contributed by atoms with van der Waals surface area (Å²) in [5, 5.41) is 0. The van der Waals surface area contributed by atoms with E-state index in [-0.39, 0.29) is 26.1 Å². The molecule has 156 valence electrons. The van der Waals surface area contributed by atoms with Gasteiger partial charge in [-0.15, -0.1) is 0 Å². The highest BCUT2D eigenvalue weighted by atomic mass is 32.2. The van der Waals surface area contributed by atoms with Crippen LogP contribution in [0.4, 0.5) is 4.79 Å². The molecule has 1 fully saturated rings. The van der Waals surface area contributed by atoms with Crippen molar-refractivity contribution in [3.8, 4) is 0 Å². The van der Waals surface area contributed by atoms with Crippen molar-refractivity contribution in [2.75, 3.05) is 40.0 Å². The molecule has 0 aromatic heterocycles. The van der Waals surface area contributed by atoms with E-state index in [2.05, 4.69) is 11.3 Å². The Labute approximate surface area is 161 Å². The number of rotatable bonds is 9. The second kappa shape index (κ2) is 9.64. The number of carbonyl (C=O) groups excluding carboxylic acids is 1. The third-order valence-corrected chi connectivity index (χ3v) is 5.76. The minimum absolute atomic E-state index is 0.0188. The quantitative estimate of drug-likeness (QED) is 0.410. The van der Waals surface area contributed by atoms with Crippen molar-refractivity contribution >= 4 is 26.4 Å². The molecule has 0 spiro atoms. The molecule has 0 unspecified atom stereocenters. The van der Waals surface area contributed by atoms with Gasteiger partial charge in [0.1, 0.15) is 6.61 Å². The van der Waals surface area contributed by atoms with Crippen LogP contribution >= 0.6 is 0 Å². The molecule has 12 heteroatoms. The second-order valence-electron chi connectivity index (χ2n) is 6.36. The predicted molar refractivity (Wildman–Crippen MR) is 101 cm³/mol. The van der Waals surface area contributed by atoms with Crippen LogP contribution in [0.2, 0.25) is 0 Å². The second-order valence-corrected chi connectivity index (χ2v) is 9.93. The number of hydrogen-bond acceptors (Lipinski definition) is 7. The summed E-state index contributed by atoms with van der Waals surface area (Å²) in [4.78, 5) is 13.6. The highest BCUT2D eigenvalue weighted by Crippen LogP contribution is 2.24. The van der Waals surface area contributed by atoms with Gasteiger partial charge in [0.15, 0.2) is 0 Å². The van der Waals surface area contributed by atoms with Crippen LogP contribution in [0, 0.1) is 0 Å². The van der Waals surface area contributed by atoms with Gasteiger partial charge in [0.05, 0.1) is 24.9 Å². The average molecular weight is 426 g/mol. The minimum Gasteiger partial charge on any atom is -0.445 e. The molecule has 10 nitrogen and oxygen atoms in total. The molecule has 0 aromatic rings. The minimum atomic E-state index is -3.68. The Balaban J connectivity index is 2.90. The zero-order valence-corrected chi connectivity index (χ0v) is 17.5. The van der Waals surface area contributed by atoms with Gasteiger partial charge in [-0.25, -0.2) is 4.79 Å². The highest BCUT2D eigenvalue weighted by molar-refractivity contribution is 7.87. The summed E-state index contributed by atoms with van der Waals surface area (Å²) in [5.74, 6) is 0. The third kappa shape index (κ3) is 7.97. The molecular formula is C15H27N3O7S2. The SMILES string of the molecule is C=CCOC(=O)N1C[C@H](OS(C)(=O)=O)C[C@H]1/C=C(\C)CNS(=O)(=O)N(C)C. The molecule has 0 radical (unpaired) electrons. The highest BCUT2D eigenvalue weighted by Gasteiger charge is 2.37. The maximum atomic E-state index is 12.2. The fourth-order valence-corrected chi connectivity index (χ4v) is 3.75. The van der Waals surface area contributed by atoms with Crippen molar-refractivity contribution in [2.45, 2.75) is 25.5 Å². The Hall–Kier alpha value is -1.47. The van der Waals surface area contributed by atoms with Crippen molar-refractivity contribution in [3.05, 3.63) is 24.3 Å². The number of nitrogens with zero attached hydrogens (tertiary/aromatic N) is 2. The maximum Gasteiger partial charge on any atom is 0.410 e. The van der Waals surface area contributed by atoms with Crippen LogP contribution < -0.4 is 4.72 Å². The zero-order chi connectivity index (χ0) is 20.8. The number of hydrogen-bond donors (Lipinski definition) is 1. The molecule has 1 saturated heterocycles. The Morgan fingerprint density at radius 3 is 2.48 bits per heavy atom. The van der Waals surface area contributed by atoms with Crippen LogP contribution in [-0.2, 0) is 29.2 Å². The van der Waals surface area contributed by atoms with E-state index in [9.17, 15) is 21.6 Å². The van der Waals surface area contributed by atoms with Gasteiger partial charge in [0, 0.05) is 27.1 Å². The molecule has 0 aromatic carbocycles. The normalized spacial score (nSPS) is 21.5. The third-order valence-electron chi connectivity index (χ3n) is 3.67. The van der Waals surface area contributed by atoms with Gasteiger partial charge >= 0.3 is 6.09 Å². The van der Waals surface area contributed by atoms with E-state index in [1.165, 1.54) is 25.1 Å². The molecule has 1 heterocycles. The summed E-state index contributed by atoms with van der Waals surface area (Å²) in [6.07, 6.45) is 2.97. The van der Waals surface area contributed by atoms with E-state index in [1.54, 1.807) is 13.0 Å². The predicted octanol–water partition coefficient (Wildman–Crippen LogP) is 0.0704. The molecule has 0 saturated carbocycles. The van der Waals surface area contributed by atoms with Crippen LogP contribution in [0.25, 0.3) is 0 Å². The molecule has 1 rings (SSSR count). The monoisotopic (exact) mass is 425 g/mol. The smallest absolute Gasteiger partial charge is 0.410 e. The molecule has 1 amide bonds. The van der Waals surface area contributed by atoms with E-state index < -0.39 is 38.6 Å². The molecule has 1 aliphatic heterocycles. The summed E-state index contributed by atoms with van der Waals surface area (Å²) in [7, 11) is -4.45. The van der Waals surface area contributed by atoms with Gasteiger partial charge in [-0.1, -0.05) is 24.3 Å². The topological polar surface area (TPSA) is 122 Å². The molecule has 27 heavy (non-hydrogen) atoms. The van der Waals surface area contributed by atoms with Crippen molar-refractivity contribution in [3.63, 3.8) is 0 Å². The zero-order valence-electron chi connectivity index (χ0n) is 15.9. The summed E-state index contributed by atoms with van der Waals surface area (Å²) in [6, 6.07) is -0.488. The molecule has 2 atom stereocenters. The van der Waals surface area contributed by atoms with Crippen LogP contribution in [0.5, 0.6) is 0 Å². The van der Waals surface area contributed by atoms with E-state index in [0.717, 1.165) is 10.6 Å². The largest absolute Gasteiger partial charge is 0.445 e. The van der Waals surface area contributed by atoms with Crippen molar-refractivity contribution in [1.29, 1.82) is 0 Å². The van der Waals surface area contributed by atoms with Gasteiger partial charge in [-0.3, -0.25) is 9.08 Å². The molecule has 1 aliphatic rings. The molecule has 0 aliphatic carbocycles. The van der Waals surface area contributed by atoms with Crippen LogP contribution in [-0.4, -0.2) is 84.3 Å². The van der Waals surface area contributed by atoms with E-state index in [0.29, 0.717) is 5.57 Å². The lowest BCUT2D eigenvalue weighted by molar-refractivity contribution is 0.109. The standard InChI is InChI=1S/C15H27N3O7S2/c1-6-7-24-15(19)18-11-14(25-26(5,20)21)9-13(18)8-12(2)10-16-27(22,23)17(3)4/h6,8,13-14,16H,1,7,9-11H2,2-5H3/b12-8+/t13-,14-/m1/s1. The Kier molecular flexibility index (Phi) is 8.42. The van der Waals surface area contributed by atoms with Crippen molar-refractivity contribution in [1.82, 2.24) is 13.9 Å². The Morgan fingerprint density at radius 1 is 1.33 bits per heavy atom. The Morgan fingerprint density at radius 2 is 1.96 bits per heavy atom. The van der Waals surface area contributed by atoms with E-state index >= 15 is 0 Å². The number of nitrogens with one attached hydrogen (secondary N) is 1. The van der Waals surface area contributed by atoms with Crippen LogP contribution in [0.15, 0.2) is 24.3 Å². The van der Waals surface area contributed by atoms with Crippen LogP contribution in [0.1, 0.15) is 13.3 Å². The summed E-state index contributed by atoms with van der Waals surface area (Å²) in [5.41, 5.74) is 0.659. The first-order chi connectivity index (χ1) is 12.4. The lowest BCUT2D eigenvalue weighted by Gasteiger charge is -2.22. The fraction of sp³-hybridized carbons (Fsp3) is 0.667. The first kappa shape index (κ1) is 23.6. The summed E-state index contributed by atoms with van der Waals surface area (Å²) < 4.78 is 59.8. The maximum absolute atomic E-state index is 12.2. The molecule has 0 bridgehead atoms. The number of carbonyl (C=O) groups is 1. The van der Waals surface area contributed by atoms with Gasteiger partial charge in [0.25, 0.3) is 20.3 Å². The lowest BCUT2D eigenvalue weighted by Crippen LogP contribution is -2.38. The lowest BCUT2D eigenvalue weighted by atomic mass is 10.1. The van der Waals surface area contributed by atoms with Crippen molar-refractivity contribution < 1.29 is 30.6 Å². The first-order valence-electron chi connectivity index (χ1n) is 8.12. The van der Waals surface area contributed by atoms with Crippen LogP contribution in [0.3, 0.4) is 0 Å². The van der Waals surface area contributed by atoms with Gasteiger partial charge < -0.3 is 4.74 Å². The molecular weight excluding hydrogens is 398 g/mol. The first-order valence-corrected chi connectivity index (χ1v) is 11.4. The summed E-state index contributed by atoms with van der Waals surface area (Å²) in [6.45, 7) is 5.28. The average Bonchev–Trinajstić information content (AvgIpc) is 2.90. The van der Waals surface area contributed by atoms with Gasteiger partial charge in [0.2, 0.25) is 0 Å². The molecule has 1 N–H and O–H groups in total. The fourth-order valence-electron chi connectivity index (χ4n) is 2.45. The number of amides is 1. The van der Waals surface area contributed by atoms with Crippen molar-refractivity contribution in [2.24, 2.45) is 0 Å². The summed E-state index contributed by atoms with van der Waals surface area (Å²) >= 11 is 0. The van der Waals surface area contributed by atoms with E-state index in [4.69, 9.17) is 8.92 Å². The number of ether oxygens (including phenoxy) is 1. The van der Waals surface area contributed by atoms with Gasteiger partial charge in [-0.05, 0) is 6.92 Å².